The number of pyridine rings is 1. The number of nitrogens with one attached hydrogen (secondary N) is 2. The summed E-state index contributed by atoms with van der Waals surface area (Å²) in [6, 6.07) is 11.2. The molecule has 0 aliphatic rings. The second-order valence-electron chi connectivity index (χ2n) is 3.93. The van der Waals surface area contributed by atoms with Crippen molar-refractivity contribution < 1.29 is 14.5 Å². The number of H-pyrrole nitrogens is 1. The quantitative estimate of drug-likeness (QED) is 0.896. The minimum Gasteiger partial charge on any atom is -0.457 e. The molecule has 2 N–H and O–H groups in total. The van der Waals surface area contributed by atoms with Gasteiger partial charge >= 0.3 is 5.91 Å². The highest BCUT2D eigenvalue weighted by atomic mass is 16.5. The Kier molecular flexibility index (Phi) is 3.57. The van der Waals surface area contributed by atoms with Crippen LogP contribution < -0.4 is 15.0 Å². The molecular weight excluding hydrogens is 228 g/mol. The Morgan fingerprint density at radius 3 is 2.56 bits per heavy atom. The van der Waals surface area contributed by atoms with Gasteiger partial charge in [-0.1, -0.05) is 17.7 Å². The maximum atomic E-state index is 11.5. The molecule has 0 radical (unpaired) electrons. The molecule has 4 nitrogen and oxygen atoms in total. The van der Waals surface area contributed by atoms with Gasteiger partial charge < -0.3 is 10.1 Å². The molecule has 18 heavy (non-hydrogen) atoms. The van der Waals surface area contributed by atoms with E-state index in [4.69, 9.17) is 4.74 Å². The third kappa shape index (κ3) is 2.85. The molecule has 0 fully saturated rings. The predicted octanol–water partition coefficient (Wildman–Crippen LogP) is 1.96. The minimum atomic E-state index is -0.177. The Morgan fingerprint density at radius 1 is 1.17 bits per heavy atom. The van der Waals surface area contributed by atoms with Crippen LogP contribution in [0.5, 0.6) is 11.5 Å². The van der Waals surface area contributed by atoms with Crippen LogP contribution in [0.25, 0.3) is 0 Å². The lowest BCUT2D eigenvalue weighted by Crippen LogP contribution is -2.26. The molecule has 0 saturated heterocycles. The molecule has 2 rings (SSSR count). The molecule has 0 bridgehead atoms. The highest BCUT2D eigenvalue weighted by Gasteiger charge is 2.12. The van der Waals surface area contributed by atoms with Gasteiger partial charge in [0.1, 0.15) is 11.5 Å². The first-order valence-corrected chi connectivity index (χ1v) is 5.67. The number of carbonyl (C=O) groups excluding carboxylic acids is 1. The number of hydrogen-bond donors (Lipinski definition) is 1. The van der Waals surface area contributed by atoms with Crippen molar-refractivity contribution in [3.63, 3.8) is 0 Å². The summed E-state index contributed by atoms with van der Waals surface area (Å²) in [5.41, 5.74) is 1.64. The Hall–Kier alpha value is -2.36. The van der Waals surface area contributed by atoms with E-state index < -0.39 is 0 Å². The first-order valence-electron chi connectivity index (χ1n) is 5.67. The normalized spacial score (nSPS) is 9.89. The summed E-state index contributed by atoms with van der Waals surface area (Å²) in [4.78, 5) is 14.3. The van der Waals surface area contributed by atoms with E-state index in [1.165, 1.54) is 5.56 Å². The van der Waals surface area contributed by atoms with Gasteiger partial charge in [0.15, 0.2) is 6.20 Å². The van der Waals surface area contributed by atoms with E-state index in [0.29, 0.717) is 11.4 Å². The largest absolute Gasteiger partial charge is 0.457 e. The third-order valence-corrected chi connectivity index (χ3v) is 2.50. The lowest BCUT2D eigenvalue weighted by Gasteiger charge is -2.05. The van der Waals surface area contributed by atoms with Gasteiger partial charge in [0.05, 0.1) is 6.07 Å². The lowest BCUT2D eigenvalue weighted by atomic mass is 10.2. The molecule has 0 spiro atoms. The Balaban J connectivity index is 2.19. The van der Waals surface area contributed by atoms with Crippen molar-refractivity contribution in [3.8, 4) is 11.5 Å². The van der Waals surface area contributed by atoms with Crippen LogP contribution in [0, 0.1) is 6.92 Å². The van der Waals surface area contributed by atoms with Crippen LogP contribution in [0.1, 0.15) is 16.1 Å². The van der Waals surface area contributed by atoms with E-state index in [9.17, 15) is 4.79 Å². The van der Waals surface area contributed by atoms with Crippen molar-refractivity contribution in [2.45, 2.75) is 6.92 Å². The SMILES string of the molecule is CNC(=O)c1cc(Oc2ccc(C)cc2)cc[nH+]1. The molecule has 4 heteroatoms. The third-order valence-electron chi connectivity index (χ3n) is 2.50. The standard InChI is InChI=1S/C14H14N2O2/c1-10-3-5-11(6-4-10)18-12-7-8-16-13(9-12)14(17)15-2/h3-9H,1-2H3,(H,15,17)/p+1. The number of amides is 1. The molecule has 0 aliphatic heterocycles. The zero-order valence-corrected chi connectivity index (χ0v) is 10.4. The number of hydrogen-bond acceptors (Lipinski definition) is 2. The van der Waals surface area contributed by atoms with E-state index in [1.54, 1.807) is 25.4 Å². The van der Waals surface area contributed by atoms with Crippen molar-refractivity contribution in [2.75, 3.05) is 7.05 Å². The van der Waals surface area contributed by atoms with Crippen molar-refractivity contribution in [2.24, 2.45) is 0 Å². The lowest BCUT2D eigenvalue weighted by molar-refractivity contribution is -0.382. The molecule has 0 saturated carbocycles. The van der Waals surface area contributed by atoms with Crippen LogP contribution in [-0.4, -0.2) is 13.0 Å². The molecule has 1 amide bonds. The first-order chi connectivity index (χ1) is 8.69. The Bertz CT molecular complexity index is 550. The zero-order valence-electron chi connectivity index (χ0n) is 10.4. The van der Waals surface area contributed by atoms with Crippen molar-refractivity contribution in [3.05, 3.63) is 53.9 Å². The molecule has 1 aromatic heterocycles. The molecule has 1 aromatic carbocycles. The van der Waals surface area contributed by atoms with Crippen LogP contribution in [-0.2, 0) is 0 Å². The highest BCUT2D eigenvalue weighted by molar-refractivity contribution is 5.90. The van der Waals surface area contributed by atoms with E-state index in [-0.39, 0.29) is 5.91 Å². The summed E-state index contributed by atoms with van der Waals surface area (Å²) in [7, 11) is 1.59. The fourth-order valence-electron chi connectivity index (χ4n) is 1.52. The van der Waals surface area contributed by atoms with Gasteiger partial charge in [-0.3, -0.25) is 4.79 Å². The van der Waals surface area contributed by atoms with Crippen LogP contribution in [0.2, 0.25) is 0 Å². The van der Waals surface area contributed by atoms with E-state index in [0.717, 1.165) is 5.75 Å². The molecule has 0 aliphatic carbocycles. The van der Waals surface area contributed by atoms with Crippen molar-refractivity contribution >= 4 is 5.91 Å². The number of rotatable bonds is 3. The smallest absolute Gasteiger partial charge is 0.315 e. The molecule has 0 unspecified atom stereocenters. The van der Waals surface area contributed by atoms with Crippen LogP contribution in [0.3, 0.4) is 0 Å². The maximum Gasteiger partial charge on any atom is 0.315 e. The molecule has 2 aromatic rings. The number of ether oxygens (including phenoxy) is 1. The van der Waals surface area contributed by atoms with Gasteiger partial charge in [0, 0.05) is 13.1 Å². The summed E-state index contributed by atoms with van der Waals surface area (Å²) in [5.74, 6) is 1.19. The molecular formula is C14H15N2O2+. The average molecular weight is 243 g/mol. The number of aryl methyl sites for hydroxylation is 1. The second kappa shape index (κ2) is 5.31. The summed E-state index contributed by atoms with van der Waals surface area (Å²) in [6.07, 6.45) is 1.67. The first kappa shape index (κ1) is 12.1. The summed E-state index contributed by atoms with van der Waals surface area (Å²) in [6.45, 7) is 2.02. The number of aromatic amines is 1. The van der Waals surface area contributed by atoms with Gasteiger partial charge in [0.2, 0.25) is 0 Å². The topological polar surface area (TPSA) is 52.5 Å². The molecule has 0 atom stereocenters. The minimum absolute atomic E-state index is 0.177. The number of carbonyl (C=O) groups is 1. The van der Waals surface area contributed by atoms with Crippen LogP contribution in [0.4, 0.5) is 0 Å². The van der Waals surface area contributed by atoms with Crippen molar-refractivity contribution in [1.29, 1.82) is 0 Å². The van der Waals surface area contributed by atoms with Gasteiger partial charge in [-0.2, -0.15) is 0 Å². The fourth-order valence-corrected chi connectivity index (χ4v) is 1.52. The Labute approximate surface area is 106 Å². The zero-order chi connectivity index (χ0) is 13.0. The van der Waals surface area contributed by atoms with Gasteiger partial charge in [0.25, 0.3) is 5.69 Å². The van der Waals surface area contributed by atoms with Crippen molar-refractivity contribution in [1.82, 2.24) is 5.32 Å². The van der Waals surface area contributed by atoms with Crippen LogP contribution >= 0.6 is 0 Å². The Morgan fingerprint density at radius 2 is 1.89 bits per heavy atom. The molecule has 92 valence electrons. The number of benzene rings is 1. The summed E-state index contributed by atoms with van der Waals surface area (Å²) >= 11 is 0. The van der Waals surface area contributed by atoms with E-state index in [2.05, 4.69) is 10.3 Å². The second-order valence-corrected chi connectivity index (χ2v) is 3.93. The van der Waals surface area contributed by atoms with Gasteiger partial charge in [-0.15, -0.1) is 0 Å². The monoisotopic (exact) mass is 243 g/mol. The molecule has 1 heterocycles. The van der Waals surface area contributed by atoms with Gasteiger partial charge in [-0.05, 0) is 19.1 Å². The predicted molar refractivity (Wildman–Crippen MR) is 67.6 cm³/mol. The van der Waals surface area contributed by atoms with Gasteiger partial charge in [-0.25, -0.2) is 4.98 Å². The van der Waals surface area contributed by atoms with E-state index >= 15 is 0 Å². The summed E-state index contributed by atoms with van der Waals surface area (Å²) in [5, 5.41) is 2.55. The van der Waals surface area contributed by atoms with E-state index in [1.807, 2.05) is 31.2 Å². The fraction of sp³-hybridized carbons (Fsp3) is 0.143. The number of aromatic nitrogens is 1. The maximum absolute atomic E-state index is 11.5. The average Bonchev–Trinajstić information content (AvgIpc) is 2.41. The summed E-state index contributed by atoms with van der Waals surface area (Å²) < 4.78 is 5.67. The van der Waals surface area contributed by atoms with Crippen LogP contribution in [0.15, 0.2) is 42.6 Å². The highest BCUT2D eigenvalue weighted by Crippen LogP contribution is 2.20.